The van der Waals surface area contributed by atoms with E-state index in [2.05, 4.69) is 48.0 Å². The van der Waals surface area contributed by atoms with E-state index in [4.69, 9.17) is 0 Å². The zero-order chi connectivity index (χ0) is 19.3. The van der Waals surface area contributed by atoms with Crippen LogP contribution in [0, 0.1) is 12.7 Å². The minimum Gasteiger partial charge on any atom is -0.344 e. The Kier molecular flexibility index (Phi) is 4.51. The van der Waals surface area contributed by atoms with Gasteiger partial charge < -0.3 is 4.90 Å². The van der Waals surface area contributed by atoms with Crippen molar-refractivity contribution in [2.75, 3.05) is 18.0 Å². The van der Waals surface area contributed by atoms with Gasteiger partial charge in [-0.15, -0.1) is 0 Å². The van der Waals surface area contributed by atoms with Gasteiger partial charge in [0.1, 0.15) is 5.82 Å². The highest BCUT2D eigenvalue weighted by molar-refractivity contribution is 5.72. The Morgan fingerprint density at radius 3 is 2.64 bits per heavy atom. The van der Waals surface area contributed by atoms with Crippen molar-refractivity contribution in [3.63, 3.8) is 0 Å². The predicted octanol–water partition coefficient (Wildman–Crippen LogP) is 5.73. The lowest BCUT2D eigenvalue weighted by Gasteiger charge is -2.47. The molecule has 0 radical (unpaired) electrons. The normalized spacial score (nSPS) is 27.3. The van der Waals surface area contributed by atoms with E-state index in [9.17, 15) is 4.39 Å². The number of fused-ring (bicyclic) bond motifs is 5. The number of aryl methyl sites for hydroxylation is 1. The number of rotatable bonds is 2. The second-order valence-corrected chi connectivity index (χ2v) is 8.77. The lowest BCUT2D eigenvalue weighted by Crippen LogP contribution is -2.53. The number of piperidine rings is 2. The van der Waals surface area contributed by atoms with Crippen LogP contribution in [0.15, 0.2) is 48.7 Å². The zero-order valence-corrected chi connectivity index (χ0v) is 16.9. The van der Waals surface area contributed by atoms with E-state index in [0.717, 1.165) is 5.56 Å². The topological polar surface area (TPSA) is 6.48 Å². The highest BCUT2D eigenvalue weighted by Crippen LogP contribution is 2.50. The Balaban J connectivity index is 1.55. The summed E-state index contributed by atoms with van der Waals surface area (Å²) in [4.78, 5) is 5.28. The largest absolute Gasteiger partial charge is 0.344 e. The van der Waals surface area contributed by atoms with Gasteiger partial charge in [-0.3, -0.25) is 4.90 Å². The molecule has 0 spiro atoms. The Morgan fingerprint density at radius 2 is 1.82 bits per heavy atom. The molecule has 3 aliphatic heterocycles. The van der Waals surface area contributed by atoms with Crippen LogP contribution in [0.4, 0.5) is 10.1 Å². The molecule has 3 heteroatoms. The first-order valence-electron chi connectivity index (χ1n) is 10.7. The SMILES string of the molecule is C/C(=C\N1c2ccc(C)cc2C2C3CCCCN3CCC21)c1ccc(F)cc1. The third-order valence-electron chi connectivity index (χ3n) is 7.02. The second kappa shape index (κ2) is 7.04. The van der Waals surface area contributed by atoms with Crippen molar-refractivity contribution in [3.8, 4) is 0 Å². The molecule has 28 heavy (non-hydrogen) atoms. The Morgan fingerprint density at radius 1 is 1.00 bits per heavy atom. The standard InChI is InChI=1S/C25H29FN2/c1-17-6-11-22-21(15-17)25-23-5-3-4-13-27(23)14-12-24(25)28(22)16-18(2)19-7-9-20(26)10-8-19/h6-11,15-16,23-25H,3-5,12-14H2,1-2H3/b18-16+. The summed E-state index contributed by atoms with van der Waals surface area (Å²) in [6.07, 6.45) is 7.55. The molecule has 2 aromatic carbocycles. The summed E-state index contributed by atoms with van der Waals surface area (Å²) in [7, 11) is 0. The van der Waals surface area contributed by atoms with Crippen molar-refractivity contribution < 1.29 is 4.39 Å². The maximum Gasteiger partial charge on any atom is 0.123 e. The number of benzene rings is 2. The third kappa shape index (κ3) is 2.97. The van der Waals surface area contributed by atoms with Crippen molar-refractivity contribution in [3.05, 3.63) is 71.2 Å². The van der Waals surface area contributed by atoms with E-state index >= 15 is 0 Å². The van der Waals surface area contributed by atoms with Gasteiger partial charge in [-0.25, -0.2) is 4.39 Å². The fraction of sp³-hybridized carbons (Fsp3) is 0.440. The summed E-state index contributed by atoms with van der Waals surface area (Å²) in [5.74, 6) is 0.421. The molecule has 3 unspecified atom stereocenters. The highest BCUT2D eigenvalue weighted by Gasteiger charge is 2.47. The molecule has 0 N–H and O–H groups in total. The van der Waals surface area contributed by atoms with Crippen LogP contribution in [0.5, 0.6) is 0 Å². The average molecular weight is 377 g/mol. The second-order valence-electron chi connectivity index (χ2n) is 8.77. The van der Waals surface area contributed by atoms with Gasteiger partial charge in [0.15, 0.2) is 0 Å². The van der Waals surface area contributed by atoms with Gasteiger partial charge in [-0.2, -0.15) is 0 Å². The first-order valence-corrected chi connectivity index (χ1v) is 10.7. The minimum atomic E-state index is -0.178. The van der Waals surface area contributed by atoms with E-state index in [-0.39, 0.29) is 5.82 Å². The van der Waals surface area contributed by atoms with Gasteiger partial charge in [-0.05, 0) is 74.6 Å². The molecule has 2 aromatic rings. The minimum absolute atomic E-state index is 0.178. The number of hydrogen-bond acceptors (Lipinski definition) is 2. The molecule has 0 bridgehead atoms. The number of anilines is 1. The van der Waals surface area contributed by atoms with Gasteiger partial charge in [-0.1, -0.05) is 36.2 Å². The maximum atomic E-state index is 13.3. The molecule has 2 fully saturated rings. The van der Waals surface area contributed by atoms with Crippen LogP contribution >= 0.6 is 0 Å². The smallest absolute Gasteiger partial charge is 0.123 e. The summed E-state index contributed by atoms with van der Waals surface area (Å²) in [5, 5.41) is 0. The molecule has 3 atom stereocenters. The van der Waals surface area contributed by atoms with Gasteiger partial charge in [0, 0.05) is 36.4 Å². The average Bonchev–Trinajstić information content (AvgIpc) is 3.01. The molecule has 2 nitrogen and oxygen atoms in total. The fourth-order valence-electron chi connectivity index (χ4n) is 5.68. The number of hydrogen-bond donors (Lipinski definition) is 0. The summed E-state index contributed by atoms with van der Waals surface area (Å²) < 4.78 is 13.3. The summed E-state index contributed by atoms with van der Waals surface area (Å²) >= 11 is 0. The third-order valence-corrected chi connectivity index (χ3v) is 7.02. The summed E-state index contributed by atoms with van der Waals surface area (Å²) in [6, 6.07) is 15.1. The molecule has 2 saturated heterocycles. The van der Waals surface area contributed by atoms with Crippen LogP contribution in [0.3, 0.4) is 0 Å². The van der Waals surface area contributed by atoms with Crippen molar-refractivity contribution in [1.82, 2.24) is 4.90 Å². The summed E-state index contributed by atoms with van der Waals surface area (Å²) in [6.45, 7) is 6.82. The van der Waals surface area contributed by atoms with E-state index in [1.54, 1.807) is 12.1 Å². The molecule has 3 aliphatic rings. The monoisotopic (exact) mass is 376 g/mol. The van der Waals surface area contributed by atoms with Gasteiger partial charge in [0.25, 0.3) is 0 Å². The lowest BCUT2D eigenvalue weighted by molar-refractivity contribution is 0.0826. The van der Waals surface area contributed by atoms with Crippen LogP contribution in [-0.4, -0.2) is 30.1 Å². The van der Waals surface area contributed by atoms with Crippen LogP contribution in [0.2, 0.25) is 0 Å². The summed E-state index contributed by atoms with van der Waals surface area (Å²) in [5.41, 5.74) is 6.54. The Hall–Kier alpha value is -2.13. The molecule has 3 heterocycles. The van der Waals surface area contributed by atoms with Gasteiger partial charge in [0.2, 0.25) is 0 Å². The first-order chi connectivity index (χ1) is 13.6. The zero-order valence-electron chi connectivity index (χ0n) is 16.9. The predicted molar refractivity (Wildman–Crippen MR) is 114 cm³/mol. The molecule has 5 rings (SSSR count). The lowest BCUT2D eigenvalue weighted by atomic mass is 9.78. The molecular formula is C25H29FN2. The van der Waals surface area contributed by atoms with Crippen molar-refractivity contribution >= 4 is 11.3 Å². The van der Waals surface area contributed by atoms with Crippen molar-refractivity contribution in [1.29, 1.82) is 0 Å². The Labute approximate surface area is 167 Å². The Bertz CT molecular complexity index is 901. The molecule has 146 valence electrons. The van der Waals surface area contributed by atoms with E-state index in [1.165, 1.54) is 61.2 Å². The maximum absolute atomic E-state index is 13.3. The number of nitrogens with zero attached hydrogens (tertiary/aromatic N) is 2. The number of halogens is 1. The van der Waals surface area contributed by atoms with E-state index < -0.39 is 0 Å². The highest BCUT2D eigenvalue weighted by atomic mass is 19.1. The molecule has 0 amide bonds. The van der Waals surface area contributed by atoms with Crippen LogP contribution in [0.25, 0.3) is 5.57 Å². The molecular weight excluding hydrogens is 347 g/mol. The van der Waals surface area contributed by atoms with Crippen LogP contribution < -0.4 is 4.90 Å². The fourth-order valence-corrected chi connectivity index (χ4v) is 5.68. The van der Waals surface area contributed by atoms with Crippen molar-refractivity contribution in [2.45, 2.75) is 57.5 Å². The molecule has 0 aromatic heterocycles. The van der Waals surface area contributed by atoms with E-state index in [0.29, 0.717) is 18.0 Å². The molecule has 0 aliphatic carbocycles. The van der Waals surface area contributed by atoms with E-state index in [1.807, 2.05) is 12.1 Å². The first kappa shape index (κ1) is 17.9. The van der Waals surface area contributed by atoms with Crippen molar-refractivity contribution in [2.24, 2.45) is 0 Å². The van der Waals surface area contributed by atoms with Gasteiger partial charge in [0.05, 0.1) is 0 Å². The number of allylic oxidation sites excluding steroid dienone is 1. The quantitative estimate of drug-likeness (QED) is 0.661. The van der Waals surface area contributed by atoms with Crippen LogP contribution in [0.1, 0.15) is 55.2 Å². The van der Waals surface area contributed by atoms with Gasteiger partial charge >= 0.3 is 0 Å². The molecule has 0 saturated carbocycles. The van der Waals surface area contributed by atoms with Crippen LogP contribution in [-0.2, 0) is 0 Å².